The van der Waals surface area contributed by atoms with Crippen LogP contribution in [-0.2, 0) is 11.2 Å². The predicted octanol–water partition coefficient (Wildman–Crippen LogP) is 2.71. The third kappa shape index (κ3) is 3.51. The molecule has 0 fully saturated rings. The van der Waals surface area contributed by atoms with Crippen molar-refractivity contribution in [2.75, 3.05) is 5.32 Å². The van der Waals surface area contributed by atoms with Gasteiger partial charge in [-0.05, 0) is 52.8 Å². The van der Waals surface area contributed by atoms with E-state index >= 15 is 0 Å². The number of hydrogen-bond acceptors (Lipinski definition) is 2. The van der Waals surface area contributed by atoms with E-state index in [-0.39, 0.29) is 12.3 Å². The van der Waals surface area contributed by atoms with Gasteiger partial charge in [0.2, 0.25) is 5.91 Å². The van der Waals surface area contributed by atoms with Crippen molar-refractivity contribution in [1.29, 1.82) is 5.26 Å². The summed E-state index contributed by atoms with van der Waals surface area (Å²) in [5.74, 6) is -0.256. The molecule has 1 aromatic carbocycles. The fraction of sp³-hybridized carbons (Fsp3) is 0.273. The minimum Gasteiger partial charge on any atom is -0.325 e. The van der Waals surface area contributed by atoms with Gasteiger partial charge in [-0.3, -0.25) is 4.79 Å². The van der Waals surface area contributed by atoms with Crippen molar-refractivity contribution >= 4 is 34.2 Å². The van der Waals surface area contributed by atoms with E-state index in [1.165, 1.54) is 0 Å². The van der Waals surface area contributed by atoms with Gasteiger partial charge in [0.15, 0.2) is 0 Å². The molecular formula is C11H11IN2O. The first kappa shape index (κ1) is 12.0. The molecular weight excluding hydrogens is 303 g/mol. The van der Waals surface area contributed by atoms with E-state index in [1.807, 2.05) is 31.2 Å². The molecule has 0 saturated carbocycles. The highest BCUT2D eigenvalue weighted by molar-refractivity contribution is 14.1. The van der Waals surface area contributed by atoms with Crippen LogP contribution in [0.3, 0.4) is 0 Å². The van der Waals surface area contributed by atoms with Crippen molar-refractivity contribution in [3.05, 3.63) is 27.3 Å². The van der Waals surface area contributed by atoms with Gasteiger partial charge in [0.1, 0.15) is 6.42 Å². The molecule has 0 aliphatic rings. The first-order chi connectivity index (χ1) is 7.17. The summed E-state index contributed by atoms with van der Waals surface area (Å²) in [6.45, 7) is 2.03. The van der Waals surface area contributed by atoms with E-state index in [0.717, 1.165) is 21.2 Å². The molecule has 0 bridgehead atoms. The van der Waals surface area contributed by atoms with Crippen LogP contribution in [0.4, 0.5) is 5.69 Å². The number of hydrogen-bond donors (Lipinski definition) is 1. The van der Waals surface area contributed by atoms with Crippen molar-refractivity contribution in [2.24, 2.45) is 0 Å². The zero-order chi connectivity index (χ0) is 11.3. The highest BCUT2D eigenvalue weighted by Crippen LogP contribution is 2.19. The molecule has 1 amide bonds. The lowest BCUT2D eigenvalue weighted by Gasteiger charge is -2.08. The van der Waals surface area contributed by atoms with Crippen LogP contribution in [0.5, 0.6) is 0 Å². The van der Waals surface area contributed by atoms with Crippen molar-refractivity contribution in [2.45, 2.75) is 19.8 Å². The fourth-order valence-electron chi connectivity index (χ4n) is 1.24. The van der Waals surface area contributed by atoms with Crippen LogP contribution in [0, 0.1) is 14.9 Å². The van der Waals surface area contributed by atoms with Gasteiger partial charge in [-0.2, -0.15) is 5.26 Å². The average molecular weight is 314 g/mol. The summed E-state index contributed by atoms with van der Waals surface area (Å²) in [7, 11) is 0. The second-order valence-electron chi connectivity index (χ2n) is 3.04. The summed E-state index contributed by atoms with van der Waals surface area (Å²) >= 11 is 2.23. The number of carbonyl (C=O) groups excluding carboxylic acids is 1. The molecule has 1 N–H and O–H groups in total. The van der Waals surface area contributed by atoms with Crippen LogP contribution < -0.4 is 5.32 Å². The molecule has 0 spiro atoms. The molecule has 0 aromatic heterocycles. The molecule has 1 aromatic rings. The summed E-state index contributed by atoms with van der Waals surface area (Å²) in [6.07, 6.45) is 0.758. The Morgan fingerprint density at radius 1 is 1.60 bits per heavy atom. The summed E-state index contributed by atoms with van der Waals surface area (Å²) in [5, 5.41) is 11.1. The minimum atomic E-state index is -0.256. The van der Waals surface area contributed by atoms with Crippen molar-refractivity contribution in [3.8, 4) is 6.07 Å². The summed E-state index contributed by atoms with van der Waals surface area (Å²) in [6, 6.07) is 7.66. The number of anilines is 1. The first-order valence-corrected chi connectivity index (χ1v) is 5.70. The zero-order valence-corrected chi connectivity index (χ0v) is 10.5. The average Bonchev–Trinajstić information content (AvgIpc) is 2.21. The molecule has 1 rings (SSSR count). The van der Waals surface area contributed by atoms with E-state index in [9.17, 15) is 4.79 Å². The topological polar surface area (TPSA) is 52.9 Å². The van der Waals surface area contributed by atoms with Crippen molar-refractivity contribution in [1.82, 2.24) is 0 Å². The third-order valence-corrected chi connectivity index (χ3v) is 2.63. The van der Waals surface area contributed by atoms with Crippen molar-refractivity contribution < 1.29 is 4.79 Å². The zero-order valence-electron chi connectivity index (χ0n) is 8.38. The van der Waals surface area contributed by atoms with Crippen LogP contribution in [0.25, 0.3) is 0 Å². The van der Waals surface area contributed by atoms with E-state index in [2.05, 4.69) is 27.9 Å². The minimum absolute atomic E-state index is 0.102. The number of nitrogens with zero attached hydrogens (tertiary/aromatic N) is 1. The molecule has 0 aliphatic heterocycles. The van der Waals surface area contributed by atoms with Crippen LogP contribution in [0.15, 0.2) is 18.2 Å². The summed E-state index contributed by atoms with van der Waals surface area (Å²) in [5.41, 5.74) is 1.89. The normalized spacial score (nSPS) is 9.40. The Kier molecular flexibility index (Phi) is 4.56. The van der Waals surface area contributed by atoms with Gasteiger partial charge >= 0.3 is 0 Å². The highest BCUT2D eigenvalue weighted by Gasteiger charge is 2.05. The molecule has 0 unspecified atom stereocenters. The van der Waals surface area contributed by atoms with Gasteiger partial charge in [-0.25, -0.2) is 0 Å². The van der Waals surface area contributed by atoms with E-state index < -0.39 is 0 Å². The fourth-order valence-corrected chi connectivity index (χ4v) is 1.80. The Hall–Kier alpha value is -1.09. The second-order valence-corrected chi connectivity index (χ2v) is 4.28. The Bertz CT molecular complexity index is 410. The van der Waals surface area contributed by atoms with Gasteiger partial charge in [-0.15, -0.1) is 0 Å². The van der Waals surface area contributed by atoms with E-state index in [0.29, 0.717) is 0 Å². The van der Waals surface area contributed by atoms with Crippen LogP contribution in [0.2, 0.25) is 0 Å². The number of aryl methyl sites for hydroxylation is 1. The predicted molar refractivity (Wildman–Crippen MR) is 67.4 cm³/mol. The Labute approximate surface area is 103 Å². The molecule has 0 radical (unpaired) electrons. The Morgan fingerprint density at radius 3 is 2.93 bits per heavy atom. The Morgan fingerprint density at radius 2 is 2.33 bits per heavy atom. The molecule has 78 valence electrons. The van der Waals surface area contributed by atoms with Crippen molar-refractivity contribution in [3.63, 3.8) is 0 Å². The van der Waals surface area contributed by atoms with E-state index in [4.69, 9.17) is 5.26 Å². The monoisotopic (exact) mass is 314 g/mol. The molecule has 0 heterocycles. The second kappa shape index (κ2) is 5.71. The standard InChI is InChI=1S/C11H11IN2O/c1-2-8-7-9(12)3-4-10(8)14-11(15)5-6-13/h3-4,7H,2,5H2,1H3,(H,14,15). The quantitative estimate of drug-likeness (QED) is 0.872. The van der Waals surface area contributed by atoms with Gasteiger partial charge in [0, 0.05) is 9.26 Å². The van der Waals surface area contributed by atoms with Gasteiger partial charge in [0.25, 0.3) is 0 Å². The lowest BCUT2D eigenvalue weighted by atomic mass is 10.1. The summed E-state index contributed by atoms with van der Waals surface area (Å²) in [4.78, 5) is 11.2. The van der Waals surface area contributed by atoms with Crippen LogP contribution in [0.1, 0.15) is 18.9 Å². The van der Waals surface area contributed by atoms with Gasteiger partial charge in [0.05, 0.1) is 6.07 Å². The number of nitriles is 1. The number of nitrogens with one attached hydrogen (secondary N) is 1. The van der Waals surface area contributed by atoms with Crippen LogP contribution in [-0.4, -0.2) is 5.91 Å². The third-order valence-electron chi connectivity index (χ3n) is 1.96. The SMILES string of the molecule is CCc1cc(I)ccc1NC(=O)CC#N. The number of amides is 1. The maximum Gasteiger partial charge on any atom is 0.238 e. The molecule has 0 aliphatic carbocycles. The molecule has 3 nitrogen and oxygen atoms in total. The lowest BCUT2D eigenvalue weighted by molar-refractivity contribution is -0.115. The maximum absolute atomic E-state index is 11.2. The molecule has 15 heavy (non-hydrogen) atoms. The smallest absolute Gasteiger partial charge is 0.238 e. The highest BCUT2D eigenvalue weighted by atomic mass is 127. The summed E-state index contributed by atoms with van der Waals surface area (Å²) < 4.78 is 1.14. The van der Waals surface area contributed by atoms with Crippen LogP contribution >= 0.6 is 22.6 Å². The maximum atomic E-state index is 11.2. The van der Waals surface area contributed by atoms with Gasteiger partial charge < -0.3 is 5.32 Å². The number of halogens is 1. The largest absolute Gasteiger partial charge is 0.325 e. The molecule has 0 atom stereocenters. The number of carbonyl (C=O) groups is 1. The van der Waals surface area contributed by atoms with Gasteiger partial charge in [-0.1, -0.05) is 6.92 Å². The Balaban J connectivity index is 2.85. The first-order valence-electron chi connectivity index (χ1n) is 4.62. The molecule has 0 saturated heterocycles. The molecule has 4 heteroatoms. The van der Waals surface area contributed by atoms with E-state index in [1.54, 1.807) is 0 Å². The number of benzene rings is 1. The number of rotatable bonds is 3. The lowest BCUT2D eigenvalue weighted by Crippen LogP contribution is -2.11.